The van der Waals surface area contributed by atoms with Gasteiger partial charge in [0.25, 0.3) is 6.47 Å². The summed E-state index contributed by atoms with van der Waals surface area (Å²) >= 11 is 12.4. The molecule has 0 amide bonds. The monoisotopic (exact) mass is 496 g/mol. The summed E-state index contributed by atoms with van der Waals surface area (Å²) in [6, 6.07) is 16.1. The number of aromatic nitrogens is 2. The maximum atomic E-state index is 13.8. The van der Waals surface area contributed by atoms with Gasteiger partial charge in [-0.3, -0.25) is 4.79 Å². The summed E-state index contributed by atoms with van der Waals surface area (Å²) in [5.74, 6) is -0.986. The first-order valence-corrected chi connectivity index (χ1v) is 11.5. The molecule has 4 nitrogen and oxygen atoms in total. The third-order valence-electron chi connectivity index (χ3n) is 6.11. The number of carbonyl (C=O) groups is 1. The number of hydrogen-bond acceptors (Lipinski definition) is 3. The highest BCUT2D eigenvalue weighted by Crippen LogP contribution is 2.43. The number of aryl methyl sites for hydroxylation is 3. The Balaban J connectivity index is 1.97. The van der Waals surface area contributed by atoms with Gasteiger partial charge in [0.15, 0.2) is 0 Å². The Bertz CT molecular complexity index is 1350. The molecule has 0 spiro atoms. The molecule has 0 fully saturated rings. The van der Waals surface area contributed by atoms with E-state index in [9.17, 15) is 9.18 Å². The van der Waals surface area contributed by atoms with Crippen LogP contribution in [0.1, 0.15) is 45.5 Å². The third kappa shape index (κ3) is 4.72. The first kappa shape index (κ1) is 24.0. The van der Waals surface area contributed by atoms with Crippen molar-refractivity contribution in [1.29, 1.82) is 0 Å². The van der Waals surface area contributed by atoms with Gasteiger partial charge in [0.2, 0.25) is 0 Å². The van der Waals surface area contributed by atoms with E-state index >= 15 is 0 Å². The molecular formula is C27H23Cl2FN2O2. The first-order valence-electron chi connectivity index (χ1n) is 10.7. The summed E-state index contributed by atoms with van der Waals surface area (Å²) < 4.78 is 19.6. The summed E-state index contributed by atoms with van der Waals surface area (Å²) in [6.45, 7) is 6.45. The molecule has 7 heteroatoms. The number of hydrogen-bond donors (Lipinski definition) is 1. The molecule has 4 rings (SSSR count). The second-order valence-corrected chi connectivity index (χ2v) is 9.11. The quantitative estimate of drug-likeness (QED) is 0.269. The van der Waals surface area contributed by atoms with Crippen molar-refractivity contribution < 1.29 is 13.9 Å². The SMILES string of the molecule is Cc1ccc(C(c2nc[nH]c2-c2ccc(F)c(Cl)c2)C(OC=O)c2cc(Cl)ccc2C)cc1C. The van der Waals surface area contributed by atoms with Crippen molar-refractivity contribution in [3.63, 3.8) is 0 Å². The summed E-state index contributed by atoms with van der Waals surface area (Å²) in [7, 11) is 0. The van der Waals surface area contributed by atoms with Crippen LogP contribution in [0.5, 0.6) is 0 Å². The van der Waals surface area contributed by atoms with Gasteiger partial charge in [-0.1, -0.05) is 47.5 Å². The summed E-state index contributed by atoms with van der Waals surface area (Å²) in [6.07, 6.45) is 0.856. The van der Waals surface area contributed by atoms with Gasteiger partial charge in [0.05, 0.1) is 28.7 Å². The Morgan fingerprint density at radius 3 is 2.44 bits per heavy atom. The highest BCUT2D eigenvalue weighted by atomic mass is 35.5. The molecule has 0 aliphatic rings. The van der Waals surface area contributed by atoms with E-state index < -0.39 is 17.8 Å². The average Bonchev–Trinajstić information content (AvgIpc) is 3.29. The number of nitrogens with one attached hydrogen (secondary N) is 1. The minimum absolute atomic E-state index is 0.00663. The van der Waals surface area contributed by atoms with Crippen LogP contribution in [0.25, 0.3) is 11.3 Å². The highest BCUT2D eigenvalue weighted by Gasteiger charge is 2.33. The molecule has 174 valence electrons. The molecule has 0 radical (unpaired) electrons. The molecule has 0 bridgehead atoms. The van der Waals surface area contributed by atoms with Crippen molar-refractivity contribution in [2.45, 2.75) is 32.8 Å². The van der Waals surface area contributed by atoms with E-state index in [1.807, 2.05) is 39.0 Å². The normalized spacial score (nSPS) is 12.9. The van der Waals surface area contributed by atoms with Gasteiger partial charge in [-0.2, -0.15) is 0 Å². The lowest BCUT2D eigenvalue weighted by atomic mass is 9.82. The fourth-order valence-electron chi connectivity index (χ4n) is 4.17. The minimum atomic E-state index is -0.712. The lowest BCUT2D eigenvalue weighted by Crippen LogP contribution is -2.18. The van der Waals surface area contributed by atoms with Gasteiger partial charge in [0, 0.05) is 10.6 Å². The van der Waals surface area contributed by atoms with Gasteiger partial charge < -0.3 is 9.72 Å². The number of ether oxygens (including phenoxy) is 1. The van der Waals surface area contributed by atoms with Crippen molar-refractivity contribution >= 4 is 29.7 Å². The number of nitrogens with zero attached hydrogens (tertiary/aromatic N) is 1. The van der Waals surface area contributed by atoms with E-state index in [1.165, 1.54) is 6.07 Å². The van der Waals surface area contributed by atoms with Crippen LogP contribution in [0, 0.1) is 26.6 Å². The Hall–Kier alpha value is -3.15. The lowest BCUT2D eigenvalue weighted by Gasteiger charge is -2.28. The molecule has 2 atom stereocenters. The summed E-state index contributed by atoms with van der Waals surface area (Å²) in [4.78, 5) is 19.5. The number of carbonyl (C=O) groups excluding carboxylic acids is 1. The standard InChI is InChI=1S/C27H23Cl2FN2O2/c1-15-4-6-18(10-17(15)3)24(27(34-14-33)21-12-20(28)8-5-16(21)2)26-25(31-13-32-26)19-7-9-23(30)22(29)11-19/h4-14,24,27H,1-3H3,(H,31,32). The number of aromatic amines is 1. The second kappa shape index (κ2) is 10.00. The highest BCUT2D eigenvalue weighted by molar-refractivity contribution is 6.31. The molecule has 1 N–H and O–H groups in total. The zero-order chi connectivity index (χ0) is 24.4. The first-order chi connectivity index (χ1) is 16.3. The molecule has 0 saturated carbocycles. The van der Waals surface area contributed by atoms with E-state index in [0.717, 1.165) is 27.8 Å². The van der Waals surface area contributed by atoms with Gasteiger partial charge in [-0.25, -0.2) is 9.37 Å². The average molecular weight is 497 g/mol. The molecule has 1 heterocycles. The van der Waals surface area contributed by atoms with Crippen molar-refractivity contribution in [2.75, 3.05) is 0 Å². The molecule has 3 aromatic carbocycles. The van der Waals surface area contributed by atoms with Crippen LogP contribution in [0.4, 0.5) is 4.39 Å². The van der Waals surface area contributed by atoms with Gasteiger partial charge >= 0.3 is 0 Å². The van der Waals surface area contributed by atoms with Gasteiger partial charge in [0.1, 0.15) is 11.9 Å². The Labute approximate surface area is 207 Å². The predicted octanol–water partition coefficient (Wildman–Crippen LogP) is 7.49. The zero-order valence-corrected chi connectivity index (χ0v) is 20.4. The molecule has 2 unspecified atom stereocenters. The lowest BCUT2D eigenvalue weighted by molar-refractivity contribution is -0.134. The molecule has 4 aromatic rings. The molecule has 34 heavy (non-hydrogen) atoms. The van der Waals surface area contributed by atoms with E-state index in [2.05, 4.69) is 16.0 Å². The summed E-state index contributed by atoms with van der Waals surface area (Å²) in [5.41, 5.74) is 6.80. The second-order valence-electron chi connectivity index (χ2n) is 8.27. The Morgan fingerprint density at radius 2 is 1.74 bits per heavy atom. The van der Waals surface area contributed by atoms with Crippen LogP contribution in [-0.2, 0) is 9.53 Å². The van der Waals surface area contributed by atoms with Crippen molar-refractivity contribution in [3.05, 3.63) is 110 Å². The van der Waals surface area contributed by atoms with E-state index in [4.69, 9.17) is 27.9 Å². The van der Waals surface area contributed by atoms with E-state index in [-0.39, 0.29) is 5.02 Å². The van der Waals surface area contributed by atoms with E-state index in [0.29, 0.717) is 28.4 Å². The molecule has 1 aromatic heterocycles. The molecule has 0 aliphatic heterocycles. The Morgan fingerprint density at radius 1 is 0.971 bits per heavy atom. The topological polar surface area (TPSA) is 55.0 Å². The maximum Gasteiger partial charge on any atom is 0.293 e. The van der Waals surface area contributed by atoms with Crippen molar-refractivity contribution in [2.24, 2.45) is 0 Å². The van der Waals surface area contributed by atoms with Crippen molar-refractivity contribution in [3.8, 4) is 11.3 Å². The van der Waals surface area contributed by atoms with Gasteiger partial charge in [-0.05, 0) is 78.9 Å². The van der Waals surface area contributed by atoms with Crippen LogP contribution in [-0.4, -0.2) is 16.4 Å². The molecule has 0 saturated heterocycles. The third-order valence-corrected chi connectivity index (χ3v) is 6.64. The van der Waals surface area contributed by atoms with Crippen molar-refractivity contribution in [1.82, 2.24) is 9.97 Å². The number of imidazole rings is 1. The fraction of sp³-hybridized carbons (Fsp3) is 0.185. The number of H-pyrrole nitrogens is 1. The number of benzene rings is 3. The molecule has 0 aliphatic carbocycles. The fourth-order valence-corrected chi connectivity index (χ4v) is 4.53. The Kier molecular flexibility index (Phi) is 7.05. The largest absolute Gasteiger partial charge is 0.459 e. The number of rotatable bonds is 7. The maximum absolute atomic E-state index is 13.8. The zero-order valence-electron chi connectivity index (χ0n) is 18.9. The van der Waals surface area contributed by atoms with Crippen LogP contribution >= 0.6 is 23.2 Å². The van der Waals surface area contributed by atoms with Crippen LogP contribution in [0.2, 0.25) is 10.0 Å². The predicted molar refractivity (Wildman–Crippen MR) is 133 cm³/mol. The van der Waals surface area contributed by atoms with Gasteiger partial charge in [-0.15, -0.1) is 0 Å². The van der Waals surface area contributed by atoms with Crippen LogP contribution in [0.15, 0.2) is 60.9 Å². The summed E-state index contributed by atoms with van der Waals surface area (Å²) in [5, 5.41) is 0.540. The van der Waals surface area contributed by atoms with Crippen LogP contribution < -0.4 is 0 Å². The van der Waals surface area contributed by atoms with Crippen LogP contribution in [0.3, 0.4) is 0 Å². The minimum Gasteiger partial charge on any atom is -0.459 e. The molecular weight excluding hydrogens is 474 g/mol. The van der Waals surface area contributed by atoms with E-state index in [1.54, 1.807) is 30.6 Å². The smallest absolute Gasteiger partial charge is 0.293 e. The number of halogens is 3.